The van der Waals surface area contributed by atoms with Crippen molar-refractivity contribution in [3.05, 3.63) is 29.1 Å². The van der Waals surface area contributed by atoms with Crippen molar-refractivity contribution in [3.8, 4) is 11.8 Å². The molecule has 0 aromatic heterocycles. The second-order valence-electron chi connectivity index (χ2n) is 2.31. The van der Waals surface area contributed by atoms with Crippen LogP contribution in [0, 0.1) is 17.1 Å². The summed E-state index contributed by atoms with van der Waals surface area (Å²) in [6.45, 7) is 0. The lowest BCUT2D eigenvalue weighted by Gasteiger charge is -2.03. The molecule has 1 aromatic carbocycles. The zero-order chi connectivity index (χ0) is 9.84. The van der Waals surface area contributed by atoms with E-state index in [1.165, 1.54) is 13.2 Å². The number of nitriles is 1. The molecule has 3 nitrogen and oxygen atoms in total. The van der Waals surface area contributed by atoms with E-state index in [0.717, 1.165) is 6.07 Å². The highest BCUT2D eigenvalue weighted by atomic mass is 19.1. The van der Waals surface area contributed by atoms with Crippen LogP contribution in [0.4, 0.5) is 4.39 Å². The third-order valence-electron chi connectivity index (χ3n) is 1.53. The fourth-order valence-electron chi connectivity index (χ4n) is 0.973. The SMILES string of the molecule is COc1c(F)cc(C=O)cc1C#N. The summed E-state index contributed by atoms with van der Waals surface area (Å²) in [5.74, 6) is -0.836. The Morgan fingerprint density at radius 3 is 2.77 bits per heavy atom. The molecule has 4 heteroatoms. The summed E-state index contributed by atoms with van der Waals surface area (Å²) in [6.07, 6.45) is 0.476. The van der Waals surface area contributed by atoms with E-state index in [2.05, 4.69) is 4.74 Å². The molecule has 0 aliphatic carbocycles. The summed E-state index contributed by atoms with van der Waals surface area (Å²) in [5, 5.41) is 8.58. The van der Waals surface area contributed by atoms with E-state index in [4.69, 9.17) is 5.26 Å². The molecule has 13 heavy (non-hydrogen) atoms. The summed E-state index contributed by atoms with van der Waals surface area (Å²) >= 11 is 0. The number of benzene rings is 1. The van der Waals surface area contributed by atoms with E-state index in [-0.39, 0.29) is 16.9 Å². The molecule has 0 fully saturated rings. The van der Waals surface area contributed by atoms with Crippen molar-refractivity contribution in [1.29, 1.82) is 5.26 Å². The van der Waals surface area contributed by atoms with Crippen LogP contribution in [0.25, 0.3) is 0 Å². The number of nitrogens with zero attached hydrogens (tertiary/aromatic N) is 1. The number of methoxy groups -OCH3 is 1. The van der Waals surface area contributed by atoms with E-state index in [1.54, 1.807) is 6.07 Å². The molecule has 0 unspecified atom stereocenters. The second-order valence-corrected chi connectivity index (χ2v) is 2.31. The quantitative estimate of drug-likeness (QED) is 0.646. The van der Waals surface area contributed by atoms with Crippen molar-refractivity contribution in [3.63, 3.8) is 0 Å². The number of aldehydes is 1. The number of hydrogen-bond donors (Lipinski definition) is 0. The lowest BCUT2D eigenvalue weighted by atomic mass is 10.1. The van der Waals surface area contributed by atoms with Crippen molar-refractivity contribution in [1.82, 2.24) is 0 Å². The van der Waals surface area contributed by atoms with Gasteiger partial charge in [0, 0.05) is 5.56 Å². The lowest BCUT2D eigenvalue weighted by molar-refractivity contribution is 0.112. The third-order valence-corrected chi connectivity index (χ3v) is 1.53. The Morgan fingerprint density at radius 1 is 1.62 bits per heavy atom. The molecule has 0 heterocycles. The van der Waals surface area contributed by atoms with E-state index in [1.807, 2.05) is 0 Å². The molecule has 0 amide bonds. The Labute approximate surface area is 74.4 Å². The maximum absolute atomic E-state index is 13.0. The van der Waals surface area contributed by atoms with Gasteiger partial charge in [0.05, 0.1) is 12.7 Å². The average molecular weight is 179 g/mol. The van der Waals surface area contributed by atoms with Gasteiger partial charge in [0.25, 0.3) is 0 Å². The first kappa shape index (κ1) is 9.20. The van der Waals surface area contributed by atoms with Crippen molar-refractivity contribution in [2.24, 2.45) is 0 Å². The minimum atomic E-state index is -0.705. The lowest BCUT2D eigenvalue weighted by Crippen LogP contribution is -1.94. The molecular weight excluding hydrogens is 173 g/mol. The Hall–Kier alpha value is -1.89. The van der Waals surface area contributed by atoms with Gasteiger partial charge in [-0.25, -0.2) is 4.39 Å². The monoisotopic (exact) mass is 179 g/mol. The van der Waals surface area contributed by atoms with Crippen molar-refractivity contribution < 1.29 is 13.9 Å². The van der Waals surface area contributed by atoms with Gasteiger partial charge in [-0.05, 0) is 12.1 Å². The fraction of sp³-hybridized carbons (Fsp3) is 0.111. The van der Waals surface area contributed by atoms with E-state index in [9.17, 15) is 9.18 Å². The summed E-state index contributed by atoms with van der Waals surface area (Å²) in [6, 6.07) is 4.03. The number of carbonyl (C=O) groups excluding carboxylic acids is 1. The van der Waals surface area contributed by atoms with Crippen molar-refractivity contribution in [2.75, 3.05) is 7.11 Å². The summed E-state index contributed by atoms with van der Waals surface area (Å²) in [4.78, 5) is 10.3. The van der Waals surface area contributed by atoms with Crippen LogP contribution in [0.1, 0.15) is 15.9 Å². The molecule has 0 radical (unpaired) electrons. The molecule has 0 bridgehead atoms. The van der Waals surface area contributed by atoms with Crippen LogP contribution in [-0.2, 0) is 0 Å². The fourth-order valence-corrected chi connectivity index (χ4v) is 0.973. The van der Waals surface area contributed by atoms with Crippen LogP contribution in [0.5, 0.6) is 5.75 Å². The van der Waals surface area contributed by atoms with Crippen LogP contribution < -0.4 is 4.74 Å². The van der Waals surface area contributed by atoms with Gasteiger partial charge in [-0.3, -0.25) is 4.79 Å². The van der Waals surface area contributed by atoms with Crippen molar-refractivity contribution in [2.45, 2.75) is 0 Å². The topological polar surface area (TPSA) is 50.1 Å². The average Bonchev–Trinajstić information content (AvgIpc) is 2.16. The summed E-state index contributed by atoms with van der Waals surface area (Å²) in [5.41, 5.74) is 0.138. The van der Waals surface area contributed by atoms with Gasteiger partial charge in [-0.1, -0.05) is 0 Å². The minimum Gasteiger partial charge on any atom is -0.492 e. The van der Waals surface area contributed by atoms with Crippen LogP contribution in [0.2, 0.25) is 0 Å². The standard InChI is InChI=1S/C9H6FNO2/c1-13-9-7(4-11)2-6(5-12)3-8(9)10/h2-3,5H,1H3. The van der Waals surface area contributed by atoms with Crippen LogP contribution in [0.3, 0.4) is 0 Å². The first-order chi connectivity index (χ1) is 6.22. The summed E-state index contributed by atoms with van der Waals surface area (Å²) in [7, 11) is 1.26. The zero-order valence-corrected chi connectivity index (χ0v) is 6.87. The minimum absolute atomic E-state index is 0.0181. The predicted molar refractivity (Wildman–Crippen MR) is 43.1 cm³/mol. The van der Waals surface area contributed by atoms with Gasteiger partial charge in [-0.2, -0.15) is 5.26 Å². The smallest absolute Gasteiger partial charge is 0.172 e. The highest BCUT2D eigenvalue weighted by Gasteiger charge is 2.10. The Bertz CT molecular complexity index is 382. The molecule has 1 aromatic rings. The van der Waals surface area contributed by atoms with Gasteiger partial charge in [0.2, 0.25) is 0 Å². The Morgan fingerprint density at radius 2 is 2.31 bits per heavy atom. The van der Waals surface area contributed by atoms with Gasteiger partial charge in [-0.15, -0.1) is 0 Å². The first-order valence-electron chi connectivity index (χ1n) is 3.45. The Balaban J connectivity index is 3.39. The highest BCUT2D eigenvalue weighted by Crippen LogP contribution is 2.22. The molecule has 0 aliphatic heterocycles. The molecule has 0 atom stereocenters. The molecule has 0 aliphatic rings. The normalized spacial score (nSPS) is 9.00. The number of rotatable bonds is 2. The van der Waals surface area contributed by atoms with E-state index < -0.39 is 5.82 Å². The number of carbonyl (C=O) groups is 1. The van der Waals surface area contributed by atoms with Crippen molar-refractivity contribution >= 4 is 6.29 Å². The molecule has 1 rings (SSSR count). The highest BCUT2D eigenvalue weighted by molar-refractivity contribution is 5.76. The van der Waals surface area contributed by atoms with Gasteiger partial charge >= 0.3 is 0 Å². The molecule has 66 valence electrons. The van der Waals surface area contributed by atoms with E-state index >= 15 is 0 Å². The maximum Gasteiger partial charge on any atom is 0.172 e. The predicted octanol–water partition coefficient (Wildman–Crippen LogP) is 1.52. The molecule has 0 saturated carbocycles. The second kappa shape index (κ2) is 3.68. The molecule has 0 N–H and O–H groups in total. The number of ether oxygens (including phenoxy) is 1. The number of halogens is 1. The zero-order valence-electron chi connectivity index (χ0n) is 6.87. The van der Waals surface area contributed by atoms with Gasteiger partial charge < -0.3 is 4.74 Å². The first-order valence-corrected chi connectivity index (χ1v) is 3.45. The molecular formula is C9H6FNO2. The Kier molecular flexibility index (Phi) is 2.60. The molecule has 0 saturated heterocycles. The maximum atomic E-state index is 13.0. The third kappa shape index (κ3) is 1.64. The van der Waals surface area contributed by atoms with Crippen LogP contribution in [0.15, 0.2) is 12.1 Å². The molecule has 0 spiro atoms. The van der Waals surface area contributed by atoms with Crippen LogP contribution in [-0.4, -0.2) is 13.4 Å². The van der Waals surface area contributed by atoms with Gasteiger partial charge in [0.1, 0.15) is 12.4 Å². The largest absolute Gasteiger partial charge is 0.492 e. The van der Waals surface area contributed by atoms with E-state index in [0.29, 0.717) is 6.29 Å². The number of hydrogen-bond acceptors (Lipinski definition) is 3. The summed E-state index contributed by atoms with van der Waals surface area (Å²) < 4.78 is 17.7. The van der Waals surface area contributed by atoms with Gasteiger partial charge in [0.15, 0.2) is 11.6 Å². The van der Waals surface area contributed by atoms with Crippen LogP contribution >= 0.6 is 0 Å².